The molecule has 0 unspecified atom stereocenters. The predicted octanol–water partition coefficient (Wildman–Crippen LogP) is 4.64. The van der Waals surface area contributed by atoms with Gasteiger partial charge < -0.3 is 9.88 Å². The Hall–Kier alpha value is -2.60. The van der Waals surface area contributed by atoms with Crippen molar-refractivity contribution in [1.82, 2.24) is 20.1 Å². The van der Waals surface area contributed by atoms with Crippen LogP contribution in [0.1, 0.15) is 48.1 Å². The maximum absolute atomic E-state index is 12.5. The molecule has 0 bridgehead atoms. The third-order valence-electron chi connectivity index (χ3n) is 5.73. The first-order valence-electron chi connectivity index (χ1n) is 10.5. The number of benzene rings is 2. The fraction of sp³-hybridized carbons (Fsp3) is 0.375. The molecule has 0 saturated heterocycles. The molecule has 1 N–H and O–H groups in total. The Morgan fingerprint density at radius 3 is 2.60 bits per heavy atom. The van der Waals surface area contributed by atoms with Crippen LogP contribution in [-0.2, 0) is 24.7 Å². The lowest BCUT2D eigenvalue weighted by atomic mass is 9.89. The highest BCUT2D eigenvalue weighted by atomic mass is 32.2. The molecule has 0 spiro atoms. The van der Waals surface area contributed by atoms with Crippen LogP contribution in [0.2, 0.25) is 0 Å². The van der Waals surface area contributed by atoms with E-state index in [2.05, 4.69) is 52.8 Å². The number of aryl methyl sites for hydroxylation is 3. The lowest BCUT2D eigenvalue weighted by molar-refractivity contribution is -0.119. The van der Waals surface area contributed by atoms with Gasteiger partial charge in [0.1, 0.15) is 0 Å². The summed E-state index contributed by atoms with van der Waals surface area (Å²) in [6.45, 7) is 4.11. The van der Waals surface area contributed by atoms with Crippen LogP contribution in [0.5, 0.6) is 0 Å². The van der Waals surface area contributed by atoms with Gasteiger partial charge in [0.15, 0.2) is 11.0 Å². The van der Waals surface area contributed by atoms with E-state index in [-0.39, 0.29) is 11.9 Å². The summed E-state index contributed by atoms with van der Waals surface area (Å²) in [4.78, 5) is 12.5. The van der Waals surface area contributed by atoms with Gasteiger partial charge in [-0.05, 0) is 56.2 Å². The highest BCUT2D eigenvalue weighted by molar-refractivity contribution is 7.99. The summed E-state index contributed by atoms with van der Waals surface area (Å²) in [5.41, 5.74) is 6.31. The first-order valence-corrected chi connectivity index (χ1v) is 11.5. The Kier molecular flexibility index (Phi) is 6.23. The Morgan fingerprint density at radius 2 is 1.83 bits per heavy atom. The summed E-state index contributed by atoms with van der Waals surface area (Å²) in [5.74, 6) is 1.13. The topological polar surface area (TPSA) is 59.8 Å². The predicted molar refractivity (Wildman–Crippen MR) is 122 cm³/mol. The summed E-state index contributed by atoms with van der Waals surface area (Å²) in [6, 6.07) is 14.9. The minimum Gasteiger partial charge on any atom is -0.349 e. The molecular weight excluding hydrogens is 392 g/mol. The summed E-state index contributed by atoms with van der Waals surface area (Å²) in [7, 11) is 1.94. The van der Waals surface area contributed by atoms with Crippen molar-refractivity contribution in [2.75, 3.05) is 5.75 Å². The number of nitrogens with one attached hydrogen (secondary N) is 1. The number of thioether (sulfide) groups is 1. The standard InChI is InChI=1S/C24H28N4OS/c1-16-8-10-19(11-9-16)23-26-27-24(28(23)3)30-15-22(29)25-17(2)20-13-12-18-6-4-5-7-21(18)14-20/h8-14,17H,4-7,15H2,1-3H3,(H,25,29)/t17-/m1/s1. The zero-order valence-electron chi connectivity index (χ0n) is 17.8. The molecule has 0 fully saturated rings. The summed E-state index contributed by atoms with van der Waals surface area (Å²) < 4.78 is 1.94. The lowest BCUT2D eigenvalue weighted by Crippen LogP contribution is -2.28. The number of nitrogens with zero attached hydrogens (tertiary/aromatic N) is 3. The molecule has 5 nitrogen and oxygen atoms in total. The highest BCUT2D eigenvalue weighted by Crippen LogP contribution is 2.26. The Labute approximate surface area is 182 Å². The number of hydrogen-bond donors (Lipinski definition) is 1. The number of rotatable bonds is 6. The number of aromatic nitrogens is 3. The molecule has 0 saturated carbocycles. The van der Waals surface area contributed by atoms with E-state index in [1.54, 1.807) is 0 Å². The second kappa shape index (κ2) is 9.04. The quantitative estimate of drug-likeness (QED) is 0.590. The van der Waals surface area contributed by atoms with Crippen molar-refractivity contribution in [2.45, 2.75) is 50.7 Å². The monoisotopic (exact) mass is 420 g/mol. The van der Waals surface area contributed by atoms with E-state index in [4.69, 9.17) is 0 Å². The van der Waals surface area contributed by atoms with Crippen molar-refractivity contribution in [3.8, 4) is 11.4 Å². The van der Waals surface area contributed by atoms with Crippen molar-refractivity contribution in [3.05, 3.63) is 64.7 Å². The smallest absolute Gasteiger partial charge is 0.230 e. The van der Waals surface area contributed by atoms with Gasteiger partial charge in [-0.2, -0.15) is 0 Å². The first kappa shape index (κ1) is 20.7. The van der Waals surface area contributed by atoms with Gasteiger partial charge in [-0.3, -0.25) is 4.79 Å². The molecule has 1 heterocycles. The van der Waals surface area contributed by atoms with E-state index in [9.17, 15) is 4.79 Å². The van der Waals surface area contributed by atoms with Crippen LogP contribution in [0.4, 0.5) is 0 Å². The molecule has 1 aliphatic rings. The van der Waals surface area contributed by atoms with Crippen LogP contribution in [0.25, 0.3) is 11.4 Å². The van der Waals surface area contributed by atoms with Gasteiger partial charge in [-0.1, -0.05) is 59.8 Å². The molecular formula is C24H28N4OS. The van der Waals surface area contributed by atoms with E-state index in [1.807, 2.05) is 30.7 Å². The van der Waals surface area contributed by atoms with Gasteiger partial charge in [0.25, 0.3) is 0 Å². The van der Waals surface area contributed by atoms with Crippen LogP contribution in [0, 0.1) is 6.92 Å². The number of amides is 1. The van der Waals surface area contributed by atoms with E-state index in [0.29, 0.717) is 5.75 Å². The molecule has 4 rings (SSSR count). The Balaban J connectivity index is 1.35. The lowest BCUT2D eigenvalue weighted by Gasteiger charge is -2.20. The fourth-order valence-corrected chi connectivity index (χ4v) is 4.64. The van der Waals surface area contributed by atoms with Gasteiger partial charge in [-0.15, -0.1) is 10.2 Å². The van der Waals surface area contributed by atoms with E-state index in [0.717, 1.165) is 23.0 Å². The van der Waals surface area contributed by atoms with E-state index < -0.39 is 0 Å². The van der Waals surface area contributed by atoms with E-state index >= 15 is 0 Å². The van der Waals surface area contributed by atoms with Crippen LogP contribution < -0.4 is 5.32 Å². The third kappa shape index (κ3) is 4.59. The molecule has 6 heteroatoms. The highest BCUT2D eigenvalue weighted by Gasteiger charge is 2.16. The third-order valence-corrected chi connectivity index (χ3v) is 6.75. The van der Waals surface area contributed by atoms with Crippen LogP contribution >= 0.6 is 11.8 Å². The van der Waals surface area contributed by atoms with Crippen molar-refractivity contribution >= 4 is 17.7 Å². The molecule has 0 aliphatic heterocycles. The Bertz CT molecular complexity index is 1040. The number of hydrogen-bond acceptors (Lipinski definition) is 4. The molecule has 156 valence electrons. The average molecular weight is 421 g/mol. The van der Waals surface area contributed by atoms with Gasteiger partial charge in [-0.25, -0.2) is 0 Å². The van der Waals surface area contributed by atoms with Gasteiger partial charge in [0, 0.05) is 12.6 Å². The summed E-state index contributed by atoms with van der Waals surface area (Å²) in [5, 5.41) is 12.4. The fourth-order valence-electron chi connectivity index (χ4n) is 3.91. The molecule has 30 heavy (non-hydrogen) atoms. The molecule has 1 aromatic heterocycles. The van der Waals surface area contributed by atoms with Gasteiger partial charge in [0.2, 0.25) is 5.91 Å². The second-order valence-corrected chi connectivity index (χ2v) is 8.99. The largest absolute Gasteiger partial charge is 0.349 e. The molecule has 0 radical (unpaired) electrons. The number of carbonyl (C=O) groups excluding carboxylic acids is 1. The average Bonchev–Trinajstić information content (AvgIpc) is 3.12. The number of fused-ring (bicyclic) bond motifs is 1. The number of carbonyl (C=O) groups is 1. The van der Waals surface area contributed by atoms with Crippen molar-refractivity contribution in [3.63, 3.8) is 0 Å². The van der Waals surface area contributed by atoms with Crippen molar-refractivity contribution < 1.29 is 4.79 Å². The molecule has 1 amide bonds. The maximum Gasteiger partial charge on any atom is 0.230 e. The summed E-state index contributed by atoms with van der Waals surface area (Å²) >= 11 is 1.41. The molecule has 1 aliphatic carbocycles. The van der Waals surface area contributed by atoms with Crippen LogP contribution in [-0.4, -0.2) is 26.4 Å². The second-order valence-electron chi connectivity index (χ2n) is 8.04. The first-order chi connectivity index (χ1) is 14.5. The molecule has 3 aromatic rings. The van der Waals surface area contributed by atoms with Crippen molar-refractivity contribution in [2.24, 2.45) is 7.05 Å². The minimum atomic E-state index is -0.00653. The van der Waals surface area contributed by atoms with Crippen molar-refractivity contribution in [1.29, 1.82) is 0 Å². The summed E-state index contributed by atoms with van der Waals surface area (Å²) in [6.07, 6.45) is 4.87. The Morgan fingerprint density at radius 1 is 1.10 bits per heavy atom. The van der Waals surface area contributed by atoms with Gasteiger partial charge in [0.05, 0.1) is 11.8 Å². The normalized spacial score (nSPS) is 14.2. The maximum atomic E-state index is 12.5. The van der Waals surface area contributed by atoms with Gasteiger partial charge >= 0.3 is 0 Å². The van der Waals surface area contributed by atoms with E-state index in [1.165, 1.54) is 53.3 Å². The van der Waals surface area contributed by atoms with Crippen LogP contribution in [0.15, 0.2) is 47.6 Å². The molecule has 2 aromatic carbocycles. The SMILES string of the molecule is Cc1ccc(-c2nnc(SCC(=O)N[C@H](C)c3ccc4c(c3)CCCC4)n2C)cc1. The minimum absolute atomic E-state index is 0.00473. The molecule has 1 atom stereocenters. The zero-order valence-corrected chi connectivity index (χ0v) is 18.6. The zero-order chi connectivity index (χ0) is 21.1. The van der Waals surface area contributed by atoms with Crippen LogP contribution in [0.3, 0.4) is 0 Å².